The van der Waals surface area contributed by atoms with E-state index in [0.717, 1.165) is 34.5 Å². The van der Waals surface area contributed by atoms with Crippen molar-refractivity contribution in [2.24, 2.45) is 5.92 Å². The molecule has 0 aromatic carbocycles. The Morgan fingerprint density at radius 2 is 2.24 bits per heavy atom. The van der Waals surface area contributed by atoms with E-state index in [-0.39, 0.29) is 0 Å². The molecule has 1 aliphatic rings. The third kappa shape index (κ3) is 2.23. The third-order valence-electron chi connectivity index (χ3n) is 4.03. The molecular weight excluding hydrogens is 302 g/mol. The van der Waals surface area contributed by atoms with Gasteiger partial charge in [0.05, 0.1) is 5.39 Å². The highest BCUT2D eigenvalue weighted by Gasteiger charge is 2.23. The molecule has 0 radical (unpaired) electrons. The number of nitrogens with zero attached hydrogens (tertiary/aromatic N) is 3. The van der Waals surface area contributed by atoms with Gasteiger partial charge in [-0.3, -0.25) is 4.98 Å². The highest BCUT2D eigenvalue weighted by atomic mass is 35.5. The smallest absolute Gasteiger partial charge is 0.164 e. The van der Waals surface area contributed by atoms with Gasteiger partial charge in [-0.2, -0.15) is 0 Å². The molecule has 3 aromatic heterocycles. The third-order valence-corrected chi connectivity index (χ3v) is 5.45. The van der Waals surface area contributed by atoms with Crippen molar-refractivity contribution in [2.75, 3.05) is 0 Å². The number of aryl methyl sites for hydroxylation is 1. The Hall–Kier alpha value is -1.52. The van der Waals surface area contributed by atoms with Gasteiger partial charge < -0.3 is 0 Å². The van der Waals surface area contributed by atoms with Crippen molar-refractivity contribution in [3.8, 4) is 11.4 Å². The van der Waals surface area contributed by atoms with Gasteiger partial charge in [0.25, 0.3) is 0 Å². The van der Waals surface area contributed by atoms with Crippen molar-refractivity contribution < 1.29 is 0 Å². The number of halogens is 1. The van der Waals surface area contributed by atoms with Crippen LogP contribution in [0.4, 0.5) is 0 Å². The van der Waals surface area contributed by atoms with Gasteiger partial charge in [-0.1, -0.05) is 18.5 Å². The molecule has 0 saturated carbocycles. The SMILES string of the molecule is C[C@H]1CCc2c(sc3nc(-c4cccnc4)nc(Cl)c23)C1. The molecule has 0 fully saturated rings. The van der Waals surface area contributed by atoms with Crippen LogP contribution in [-0.4, -0.2) is 15.0 Å². The normalized spacial score (nSPS) is 17.9. The maximum absolute atomic E-state index is 6.46. The van der Waals surface area contributed by atoms with Crippen molar-refractivity contribution in [3.05, 3.63) is 40.1 Å². The molecule has 3 heterocycles. The van der Waals surface area contributed by atoms with Gasteiger partial charge in [-0.25, -0.2) is 9.97 Å². The molecule has 3 nitrogen and oxygen atoms in total. The first kappa shape index (κ1) is 13.2. The topological polar surface area (TPSA) is 38.7 Å². The fraction of sp³-hybridized carbons (Fsp3) is 0.312. The summed E-state index contributed by atoms with van der Waals surface area (Å²) >= 11 is 8.23. The highest BCUT2D eigenvalue weighted by molar-refractivity contribution is 7.19. The van der Waals surface area contributed by atoms with Crippen LogP contribution in [0.2, 0.25) is 5.15 Å². The van der Waals surface area contributed by atoms with Gasteiger partial charge in [0.1, 0.15) is 9.98 Å². The van der Waals surface area contributed by atoms with Crippen LogP contribution in [-0.2, 0) is 12.8 Å². The number of fused-ring (bicyclic) bond motifs is 3. The van der Waals surface area contributed by atoms with E-state index >= 15 is 0 Å². The fourth-order valence-corrected chi connectivity index (χ4v) is 4.64. The second-order valence-electron chi connectivity index (χ2n) is 5.61. The fourth-order valence-electron chi connectivity index (χ4n) is 2.92. The molecule has 0 saturated heterocycles. The lowest BCUT2D eigenvalue weighted by molar-refractivity contribution is 0.509. The molecule has 0 spiro atoms. The Morgan fingerprint density at radius 3 is 3.05 bits per heavy atom. The van der Waals surface area contributed by atoms with Crippen molar-refractivity contribution >= 4 is 33.2 Å². The molecule has 5 heteroatoms. The molecular formula is C16H14ClN3S. The summed E-state index contributed by atoms with van der Waals surface area (Å²) in [6.45, 7) is 2.31. The van der Waals surface area contributed by atoms with Crippen molar-refractivity contribution in [1.29, 1.82) is 0 Å². The minimum Gasteiger partial charge on any atom is -0.264 e. The van der Waals surface area contributed by atoms with E-state index in [2.05, 4.69) is 16.9 Å². The molecule has 1 aliphatic carbocycles. The molecule has 0 unspecified atom stereocenters. The molecule has 0 amide bonds. The summed E-state index contributed by atoms with van der Waals surface area (Å²) in [6.07, 6.45) is 6.96. The van der Waals surface area contributed by atoms with Crippen LogP contribution in [0, 0.1) is 5.92 Å². The lowest BCUT2D eigenvalue weighted by atomic mass is 9.89. The van der Waals surface area contributed by atoms with E-state index in [1.807, 2.05) is 12.1 Å². The zero-order valence-corrected chi connectivity index (χ0v) is 13.2. The second-order valence-corrected chi connectivity index (χ2v) is 7.05. The molecule has 21 heavy (non-hydrogen) atoms. The number of pyridine rings is 1. The van der Waals surface area contributed by atoms with Gasteiger partial charge in [0.15, 0.2) is 5.82 Å². The Bertz CT molecular complexity index is 813. The van der Waals surface area contributed by atoms with Crippen molar-refractivity contribution in [2.45, 2.75) is 26.2 Å². The van der Waals surface area contributed by atoms with Crippen LogP contribution in [0.5, 0.6) is 0 Å². The first-order valence-corrected chi connectivity index (χ1v) is 8.30. The van der Waals surface area contributed by atoms with E-state index in [0.29, 0.717) is 11.0 Å². The monoisotopic (exact) mass is 315 g/mol. The Balaban J connectivity index is 1.91. The number of aromatic nitrogens is 3. The molecule has 0 aliphatic heterocycles. The lowest BCUT2D eigenvalue weighted by Crippen LogP contribution is -2.08. The van der Waals surface area contributed by atoms with Crippen LogP contribution >= 0.6 is 22.9 Å². The molecule has 106 valence electrons. The zero-order valence-electron chi connectivity index (χ0n) is 11.6. The van der Waals surface area contributed by atoms with Crippen LogP contribution in [0.3, 0.4) is 0 Å². The van der Waals surface area contributed by atoms with Crippen molar-refractivity contribution in [3.63, 3.8) is 0 Å². The Morgan fingerprint density at radius 1 is 1.33 bits per heavy atom. The van der Waals surface area contributed by atoms with E-state index < -0.39 is 0 Å². The van der Waals surface area contributed by atoms with Gasteiger partial charge in [0, 0.05) is 22.8 Å². The quantitative estimate of drug-likeness (QED) is 0.619. The van der Waals surface area contributed by atoms with Crippen LogP contribution in [0.15, 0.2) is 24.5 Å². The lowest BCUT2D eigenvalue weighted by Gasteiger charge is -2.17. The average molecular weight is 316 g/mol. The first-order valence-electron chi connectivity index (χ1n) is 7.10. The van der Waals surface area contributed by atoms with Gasteiger partial charge in [-0.15, -0.1) is 11.3 Å². The first-order chi connectivity index (χ1) is 10.2. The minimum atomic E-state index is 0.575. The van der Waals surface area contributed by atoms with E-state index in [1.165, 1.54) is 16.9 Å². The number of hydrogen-bond donors (Lipinski definition) is 0. The molecule has 1 atom stereocenters. The van der Waals surface area contributed by atoms with Crippen LogP contribution < -0.4 is 0 Å². The Labute approximate surface area is 132 Å². The predicted molar refractivity (Wildman–Crippen MR) is 86.8 cm³/mol. The van der Waals surface area contributed by atoms with E-state index in [9.17, 15) is 0 Å². The maximum Gasteiger partial charge on any atom is 0.164 e. The van der Waals surface area contributed by atoms with Gasteiger partial charge >= 0.3 is 0 Å². The average Bonchev–Trinajstić information content (AvgIpc) is 2.85. The molecule has 0 N–H and O–H groups in total. The molecule has 4 rings (SSSR count). The zero-order chi connectivity index (χ0) is 14.4. The van der Waals surface area contributed by atoms with E-state index in [1.54, 1.807) is 23.7 Å². The van der Waals surface area contributed by atoms with E-state index in [4.69, 9.17) is 16.6 Å². The largest absolute Gasteiger partial charge is 0.264 e. The standard InChI is InChI=1S/C16H14ClN3S/c1-9-4-5-11-12(7-9)21-16-13(11)14(17)19-15(20-16)10-3-2-6-18-8-10/h2-3,6,8-9H,4-5,7H2,1H3/t9-/m0/s1. The summed E-state index contributed by atoms with van der Waals surface area (Å²) in [5, 5.41) is 1.64. The summed E-state index contributed by atoms with van der Waals surface area (Å²) in [7, 11) is 0. The summed E-state index contributed by atoms with van der Waals surface area (Å²) in [6, 6.07) is 3.85. The van der Waals surface area contributed by atoms with Gasteiger partial charge in [-0.05, 0) is 42.9 Å². The van der Waals surface area contributed by atoms with Crippen LogP contribution in [0.1, 0.15) is 23.8 Å². The highest BCUT2D eigenvalue weighted by Crippen LogP contribution is 2.40. The summed E-state index contributed by atoms with van der Waals surface area (Å²) in [5.41, 5.74) is 2.27. The summed E-state index contributed by atoms with van der Waals surface area (Å²) < 4.78 is 0. The second kappa shape index (κ2) is 5.04. The minimum absolute atomic E-state index is 0.575. The molecule has 0 bridgehead atoms. The number of rotatable bonds is 1. The summed E-state index contributed by atoms with van der Waals surface area (Å²) in [5.74, 6) is 1.40. The predicted octanol–water partition coefficient (Wildman–Crippen LogP) is 4.53. The Kier molecular flexibility index (Phi) is 3.16. The van der Waals surface area contributed by atoms with Crippen LogP contribution in [0.25, 0.3) is 21.6 Å². The van der Waals surface area contributed by atoms with Gasteiger partial charge in [0.2, 0.25) is 0 Å². The van der Waals surface area contributed by atoms with Crippen molar-refractivity contribution in [1.82, 2.24) is 15.0 Å². The number of hydrogen-bond acceptors (Lipinski definition) is 4. The number of thiophene rings is 1. The molecule has 3 aromatic rings. The summed E-state index contributed by atoms with van der Waals surface area (Å²) in [4.78, 5) is 15.8. The maximum atomic E-state index is 6.46.